The van der Waals surface area contributed by atoms with E-state index in [4.69, 9.17) is 0 Å². The minimum atomic E-state index is 0.677. The van der Waals surface area contributed by atoms with Crippen LogP contribution in [0.3, 0.4) is 0 Å². The first-order valence-corrected chi connectivity index (χ1v) is 6.47. The van der Waals surface area contributed by atoms with Crippen molar-refractivity contribution in [3.8, 4) is 0 Å². The molecule has 0 spiro atoms. The molecule has 0 fully saturated rings. The van der Waals surface area contributed by atoms with Gasteiger partial charge in [0.25, 0.3) is 0 Å². The summed E-state index contributed by atoms with van der Waals surface area (Å²) in [5, 5.41) is 3.43. The zero-order valence-electron chi connectivity index (χ0n) is 11.5. The fraction of sp³-hybridized carbons (Fsp3) is 1.00. The lowest BCUT2D eigenvalue weighted by atomic mass is 10.0. The summed E-state index contributed by atoms with van der Waals surface area (Å²) in [6.07, 6.45) is 0. The van der Waals surface area contributed by atoms with Gasteiger partial charge in [-0.25, -0.2) is 0 Å². The number of nitrogens with one attached hydrogen (secondary N) is 1. The number of nitrogens with zero attached hydrogens (tertiary/aromatic N) is 1. The first kappa shape index (κ1) is 14.9. The van der Waals surface area contributed by atoms with Crippen molar-refractivity contribution in [2.75, 3.05) is 26.2 Å². The van der Waals surface area contributed by atoms with E-state index in [0.29, 0.717) is 6.04 Å². The lowest BCUT2D eigenvalue weighted by Crippen LogP contribution is -2.42. The second kappa shape index (κ2) is 8.12. The Labute approximate surface area is 96.4 Å². The summed E-state index contributed by atoms with van der Waals surface area (Å²) in [5.41, 5.74) is 0. The zero-order valence-corrected chi connectivity index (χ0v) is 11.5. The van der Waals surface area contributed by atoms with Crippen LogP contribution in [0.2, 0.25) is 0 Å². The van der Waals surface area contributed by atoms with Crippen LogP contribution in [-0.4, -0.2) is 37.1 Å². The Kier molecular flexibility index (Phi) is 8.07. The molecule has 2 nitrogen and oxygen atoms in total. The fourth-order valence-corrected chi connectivity index (χ4v) is 1.95. The van der Waals surface area contributed by atoms with E-state index in [-0.39, 0.29) is 0 Å². The van der Waals surface area contributed by atoms with Gasteiger partial charge >= 0.3 is 0 Å². The molecular weight excluding hydrogens is 184 g/mol. The van der Waals surface area contributed by atoms with Gasteiger partial charge in [0.2, 0.25) is 0 Å². The van der Waals surface area contributed by atoms with Crippen molar-refractivity contribution >= 4 is 0 Å². The molecule has 92 valence electrons. The first-order chi connectivity index (χ1) is 7.02. The second-order valence-electron chi connectivity index (χ2n) is 5.01. The number of hydrogen-bond acceptors (Lipinski definition) is 2. The standard InChI is InChI=1S/C13H30N2/c1-7-14-9-12(5)13(6)15(8-2)10-11(3)4/h11-14H,7-10H2,1-6H3. The first-order valence-electron chi connectivity index (χ1n) is 6.47. The smallest absolute Gasteiger partial charge is 0.0105 e. The largest absolute Gasteiger partial charge is 0.317 e. The molecule has 0 aliphatic carbocycles. The molecule has 0 bridgehead atoms. The van der Waals surface area contributed by atoms with Crippen LogP contribution in [0.15, 0.2) is 0 Å². The molecule has 0 radical (unpaired) electrons. The molecule has 0 amide bonds. The summed E-state index contributed by atoms with van der Waals surface area (Å²) < 4.78 is 0. The van der Waals surface area contributed by atoms with E-state index in [1.165, 1.54) is 6.54 Å². The van der Waals surface area contributed by atoms with Crippen LogP contribution >= 0.6 is 0 Å². The maximum atomic E-state index is 3.43. The van der Waals surface area contributed by atoms with E-state index in [9.17, 15) is 0 Å². The molecule has 0 aromatic rings. The van der Waals surface area contributed by atoms with Crippen LogP contribution in [-0.2, 0) is 0 Å². The lowest BCUT2D eigenvalue weighted by molar-refractivity contribution is 0.150. The Bertz CT molecular complexity index is 145. The van der Waals surface area contributed by atoms with E-state index in [1.54, 1.807) is 0 Å². The summed E-state index contributed by atoms with van der Waals surface area (Å²) in [6, 6.07) is 0.677. The van der Waals surface area contributed by atoms with Gasteiger partial charge in [0.05, 0.1) is 0 Å². The highest BCUT2D eigenvalue weighted by molar-refractivity contribution is 4.74. The SMILES string of the molecule is CCNCC(C)C(C)N(CC)CC(C)C. The van der Waals surface area contributed by atoms with Gasteiger partial charge < -0.3 is 10.2 Å². The van der Waals surface area contributed by atoms with Crippen LogP contribution in [0.1, 0.15) is 41.5 Å². The minimum Gasteiger partial charge on any atom is -0.317 e. The molecule has 2 atom stereocenters. The number of hydrogen-bond donors (Lipinski definition) is 1. The molecule has 0 heterocycles. The van der Waals surface area contributed by atoms with Crippen LogP contribution in [0.5, 0.6) is 0 Å². The molecule has 0 saturated carbocycles. The summed E-state index contributed by atoms with van der Waals surface area (Å²) in [5.74, 6) is 1.49. The van der Waals surface area contributed by atoms with Crippen LogP contribution < -0.4 is 5.32 Å². The summed E-state index contributed by atoms with van der Waals surface area (Å²) in [4.78, 5) is 2.59. The van der Waals surface area contributed by atoms with E-state index in [0.717, 1.165) is 31.5 Å². The van der Waals surface area contributed by atoms with Gasteiger partial charge in [-0.3, -0.25) is 0 Å². The highest BCUT2D eigenvalue weighted by Gasteiger charge is 2.18. The third-order valence-electron chi connectivity index (χ3n) is 3.12. The van der Waals surface area contributed by atoms with Gasteiger partial charge in [0.15, 0.2) is 0 Å². The van der Waals surface area contributed by atoms with Crippen LogP contribution in [0, 0.1) is 11.8 Å². The maximum Gasteiger partial charge on any atom is 0.0105 e. The van der Waals surface area contributed by atoms with Crippen molar-refractivity contribution in [1.82, 2.24) is 10.2 Å². The Morgan fingerprint density at radius 1 is 1.07 bits per heavy atom. The third-order valence-corrected chi connectivity index (χ3v) is 3.12. The molecular formula is C13H30N2. The average Bonchev–Trinajstić information content (AvgIpc) is 2.21. The Balaban J connectivity index is 4.05. The monoisotopic (exact) mass is 214 g/mol. The van der Waals surface area contributed by atoms with E-state index >= 15 is 0 Å². The van der Waals surface area contributed by atoms with Gasteiger partial charge in [-0.05, 0) is 38.4 Å². The molecule has 2 heteroatoms. The molecule has 0 aromatic carbocycles. The molecule has 0 aromatic heterocycles. The Hall–Kier alpha value is -0.0800. The van der Waals surface area contributed by atoms with Crippen molar-refractivity contribution in [3.05, 3.63) is 0 Å². The van der Waals surface area contributed by atoms with Crippen molar-refractivity contribution in [2.45, 2.75) is 47.6 Å². The predicted molar refractivity (Wildman–Crippen MR) is 69.3 cm³/mol. The molecule has 0 rings (SSSR count). The second-order valence-corrected chi connectivity index (χ2v) is 5.01. The van der Waals surface area contributed by atoms with Crippen molar-refractivity contribution in [2.24, 2.45) is 11.8 Å². The summed E-state index contributed by atoms with van der Waals surface area (Å²) in [7, 11) is 0. The Morgan fingerprint density at radius 3 is 2.07 bits per heavy atom. The fourth-order valence-electron chi connectivity index (χ4n) is 1.95. The Morgan fingerprint density at radius 2 is 1.67 bits per heavy atom. The summed E-state index contributed by atoms with van der Waals surface area (Å²) in [6.45, 7) is 18.3. The topological polar surface area (TPSA) is 15.3 Å². The molecule has 0 aliphatic heterocycles. The van der Waals surface area contributed by atoms with Crippen molar-refractivity contribution < 1.29 is 0 Å². The lowest BCUT2D eigenvalue weighted by Gasteiger charge is -2.33. The van der Waals surface area contributed by atoms with E-state index < -0.39 is 0 Å². The van der Waals surface area contributed by atoms with Gasteiger partial charge in [-0.1, -0.05) is 34.6 Å². The van der Waals surface area contributed by atoms with E-state index in [2.05, 4.69) is 51.8 Å². The maximum absolute atomic E-state index is 3.43. The van der Waals surface area contributed by atoms with Gasteiger partial charge in [0.1, 0.15) is 0 Å². The normalized spacial score (nSPS) is 16.0. The molecule has 0 aliphatic rings. The highest BCUT2D eigenvalue weighted by Crippen LogP contribution is 2.12. The highest BCUT2D eigenvalue weighted by atomic mass is 15.2. The van der Waals surface area contributed by atoms with Gasteiger partial charge in [0, 0.05) is 12.6 Å². The van der Waals surface area contributed by atoms with Crippen LogP contribution in [0.4, 0.5) is 0 Å². The molecule has 2 unspecified atom stereocenters. The summed E-state index contributed by atoms with van der Waals surface area (Å²) >= 11 is 0. The molecule has 1 N–H and O–H groups in total. The van der Waals surface area contributed by atoms with Gasteiger partial charge in [-0.15, -0.1) is 0 Å². The average molecular weight is 214 g/mol. The van der Waals surface area contributed by atoms with Gasteiger partial charge in [-0.2, -0.15) is 0 Å². The third kappa shape index (κ3) is 6.16. The number of rotatable bonds is 8. The van der Waals surface area contributed by atoms with Crippen LogP contribution in [0.25, 0.3) is 0 Å². The minimum absolute atomic E-state index is 0.677. The van der Waals surface area contributed by atoms with E-state index in [1.807, 2.05) is 0 Å². The molecule has 15 heavy (non-hydrogen) atoms. The predicted octanol–water partition coefficient (Wildman–Crippen LogP) is 2.60. The zero-order chi connectivity index (χ0) is 11.8. The molecule has 0 saturated heterocycles. The quantitative estimate of drug-likeness (QED) is 0.668. The van der Waals surface area contributed by atoms with Crippen molar-refractivity contribution in [1.29, 1.82) is 0 Å². The van der Waals surface area contributed by atoms with Crippen molar-refractivity contribution in [3.63, 3.8) is 0 Å².